The highest BCUT2D eigenvalue weighted by molar-refractivity contribution is 5.96. The highest BCUT2D eigenvalue weighted by Gasteiger charge is 2.54. The van der Waals surface area contributed by atoms with E-state index in [4.69, 9.17) is 9.15 Å². The van der Waals surface area contributed by atoms with Crippen LogP contribution < -0.4 is 5.32 Å². The standard InChI is InChI=1S/C18H26N2O4/c1-3-9-19-16(21)14-12-24-18(8-4-6-13(2)11-18)20(14)17(22)15-7-5-10-23-15/h5,7,10,13-14H,3-4,6,8-9,11-12H2,1-2H3,(H,19,21)/t13-,14+,18+/m0/s1. The molecule has 0 bridgehead atoms. The van der Waals surface area contributed by atoms with E-state index in [9.17, 15) is 9.59 Å². The maximum absolute atomic E-state index is 13.0. The average molecular weight is 334 g/mol. The van der Waals surface area contributed by atoms with Crippen LogP contribution in [0.2, 0.25) is 0 Å². The van der Waals surface area contributed by atoms with Gasteiger partial charge in [-0.1, -0.05) is 20.3 Å². The van der Waals surface area contributed by atoms with Gasteiger partial charge >= 0.3 is 0 Å². The Morgan fingerprint density at radius 2 is 2.29 bits per heavy atom. The van der Waals surface area contributed by atoms with Gasteiger partial charge in [0.1, 0.15) is 11.8 Å². The monoisotopic (exact) mass is 334 g/mol. The van der Waals surface area contributed by atoms with Gasteiger partial charge < -0.3 is 14.5 Å². The highest BCUT2D eigenvalue weighted by atomic mass is 16.5. The molecule has 3 rings (SSSR count). The molecule has 1 spiro atoms. The summed E-state index contributed by atoms with van der Waals surface area (Å²) in [6, 6.07) is 2.73. The van der Waals surface area contributed by atoms with Crippen molar-refractivity contribution in [2.75, 3.05) is 13.2 Å². The third-order valence-corrected chi connectivity index (χ3v) is 4.99. The zero-order chi connectivity index (χ0) is 17.2. The topological polar surface area (TPSA) is 71.8 Å². The number of carbonyl (C=O) groups is 2. The quantitative estimate of drug-likeness (QED) is 0.918. The molecule has 132 valence electrons. The molecule has 2 fully saturated rings. The highest BCUT2D eigenvalue weighted by Crippen LogP contribution is 2.43. The number of nitrogens with one attached hydrogen (secondary N) is 1. The van der Waals surface area contributed by atoms with E-state index in [1.54, 1.807) is 17.0 Å². The summed E-state index contributed by atoms with van der Waals surface area (Å²) in [5.74, 6) is 0.310. The molecular weight excluding hydrogens is 308 g/mol. The Kier molecular flexibility index (Phi) is 4.94. The molecule has 6 heteroatoms. The van der Waals surface area contributed by atoms with Crippen LogP contribution in [0, 0.1) is 5.92 Å². The van der Waals surface area contributed by atoms with Gasteiger partial charge in [-0.15, -0.1) is 0 Å². The SMILES string of the molecule is CCCNC(=O)[C@H]1CO[C@@]2(CCC[C@H](C)C2)N1C(=O)c1ccco1. The molecule has 1 saturated heterocycles. The minimum atomic E-state index is -0.685. The third kappa shape index (κ3) is 3.07. The Balaban J connectivity index is 1.89. The predicted octanol–water partition coefficient (Wildman–Crippen LogP) is 2.55. The third-order valence-electron chi connectivity index (χ3n) is 4.99. The maximum Gasteiger partial charge on any atom is 0.292 e. The zero-order valence-corrected chi connectivity index (χ0v) is 14.4. The average Bonchev–Trinajstić information content (AvgIpc) is 3.20. The second-order valence-electron chi connectivity index (χ2n) is 6.92. The van der Waals surface area contributed by atoms with Crippen LogP contribution in [0.5, 0.6) is 0 Å². The van der Waals surface area contributed by atoms with Crippen molar-refractivity contribution in [3.8, 4) is 0 Å². The minimum Gasteiger partial charge on any atom is -0.459 e. The van der Waals surface area contributed by atoms with Crippen LogP contribution in [0.1, 0.15) is 56.5 Å². The van der Waals surface area contributed by atoms with E-state index in [-0.39, 0.29) is 24.2 Å². The fourth-order valence-corrected chi connectivity index (χ4v) is 3.89. The molecule has 0 unspecified atom stereocenters. The van der Waals surface area contributed by atoms with Crippen LogP contribution in [0.15, 0.2) is 22.8 Å². The lowest BCUT2D eigenvalue weighted by molar-refractivity contribution is -0.128. The van der Waals surface area contributed by atoms with Crippen molar-refractivity contribution >= 4 is 11.8 Å². The Labute approximate surface area is 142 Å². The first kappa shape index (κ1) is 17.0. The van der Waals surface area contributed by atoms with E-state index < -0.39 is 11.8 Å². The molecular formula is C18H26N2O4. The normalized spacial score (nSPS) is 29.8. The molecule has 6 nitrogen and oxygen atoms in total. The number of rotatable bonds is 4. The summed E-state index contributed by atoms with van der Waals surface area (Å²) in [5.41, 5.74) is -0.685. The van der Waals surface area contributed by atoms with Gasteiger partial charge in [0.15, 0.2) is 5.76 Å². The molecule has 2 heterocycles. The first-order chi connectivity index (χ1) is 11.6. The molecule has 2 aliphatic rings. The number of carbonyl (C=O) groups excluding carboxylic acids is 2. The molecule has 1 aliphatic carbocycles. The Morgan fingerprint density at radius 1 is 1.46 bits per heavy atom. The maximum atomic E-state index is 13.0. The molecule has 0 aromatic carbocycles. The summed E-state index contributed by atoms with van der Waals surface area (Å²) < 4.78 is 11.4. The van der Waals surface area contributed by atoms with Gasteiger partial charge in [0.2, 0.25) is 5.91 Å². The van der Waals surface area contributed by atoms with Crippen molar-refractivity contribution in [2.24, 2.45) is 5.92 Å². The van der Waals surface area contributed by atoms with Crippen LogP contribution in [0.4, 0.5) is 0 Å². The molecule has 24 heavy (non-hydrogen) atoms. The minimum absolute atomic E-state index is 0.146. The van der Waals surface area contributed by atoms with E-state index in [0.717, 1.165) is 32.1 Å². The first-order valence-corrected chi connectivity index (χ1v) is 8.86. The summed E-state index contributed by atoms with van der Waals surface area (Å²) in [6.07, 6.45) is 5.98. The van der Waals surface area contributed by atoms with Crippen molar-refractivity contribution in [3.63, 3.8) is 0 Å². The van der Waals surface area contributed by atoms with E-state index in [0.29, 0.717) is 12.5 Å². The lowest BCUT2D eigenvalue weighted by atomic mass is 9.83. The molecule has 1 aromatic rings. The molecule has 3 atom stereocenters. The first-order valence-electron chi connectivity index (χ1n) is 8.86. The largest absolute Gasteiger partial charge is 0.459 e. The van der Waals surface area contributed by atoms with Crippen LogP contribution in [-0.4, -0.2) is 41.6 Å². The number of hydrogen-bond acceptors (Lipinski definition) is 4. The van der Waals surface area contributed by atoms with Crippen molar-refractivity contribution in [1.29, 1.82) is 0 Å². The number of ether oxygens (including phenoxy) is 1. The van der Waals surface area contributed by atoms with Gasteiger partial charge in [-0.3, -0.25) is 14.5 Å². The second-order valence-corrected chi connectivity index (χ2v) is 6.92. The number of furan rings is 1. The summed E-state index contributed by atoms with van der Waals surface area (Å²) >= 11 is 0. The molecule has 1 aliphatic heterocycles. The smallest absolute Gasteiger partial charge is 0.292 e. The Morgan fingerprint density at radius 3 is 2.96 bits per heavy atom. The molecule has 2 amide bonds. The fraction of sp³-hybridized carbons (Fsp3) is 0.667. The fourth-order valence-electron chi connectivity index (χ4n) is 3.89. The van der Waals surface area contributed by atoms with Gasteiger partial charge in [0.05, 0.1) is 12.9 Å². The van der Waals surface area contributed by atoms with Crippen LogP contribution in [0.3, 0.4) is 0 Å². The van der Waals surface area contributed by atoms with Gasteiger partial charge in [-0.2, -0.15) is 0 Å². The van der Waals surface area contributed by atoms with Gasteiger partial charge in [-0.05, 0) is 43.7 Å². The van der Waals surface area contributed by atoms with E-state index in [2.05, 4.69) is 12.2 Å². The van der Waals surface area contributed by atoms with E-state index >= 15 is 0 Å². The number of hydrogen-bond donors (Lipinski definition) is 1. The van der Waals surface area contributed by atoms with Crippen LogP contribution in [-0.2, 0) is 9.53 Å². The molecule has 0 radical (unpaired) electrons. The van der Waals surface area contributed by atoms with Crippen LogP contribution >= 0.6 is 0 Å². The summed E-state index contributed by atoms with van der Waals surface area (Å²) in [5, 5.41) is 2.89. The van der Waals surface area contributed by atoms with E-state index in [1.807, 2.05) is 6.92 Å². The van der Waals surface area contributed by atoms with Crippen molar-refractivity contribution in [3.05, 3.63) is 24.2 Å². The molecule has 1 N–H and O–H groups in total. The van der Waals surface area contributed by atoms with Crippen molar-refractivity contribution in [2.45, 2.75) is 57.7 Å². The summed E-state index contributed by atoms with van der Waals surface area (Å²) in [7, 11) is 0. The van der Waals surface area contributed by atoms with Crippen molar-refractivity contribution in [1.82, 2.24) is 10.2 Å². The molecule has 1 saturated carbocycles. The lowest BCUT2D eigenvalue weighted by Gasteiger charge is -2.43. The van der Waals surface area contributed by atoms with Gasteiger partial charge in [0, 0.05) is 6.54 Å². The number of amides is 2. The summed E-state index contributed by atoms with van der Waals surface area (Å²) in [6.45, 7) is 5.02. The predicted molar refractivity (Wildman–Crippen MR) is 88.3 cm³/mol. The zero-order valence-electron chi connectivity index (χ0n) is 14.4. The van der Waals surface area contributed by atoms with Crippen LogP contribution in [0.25, 0.3) is 0 Å². The van der Waals surface area contributed by atoms with Crippen molar-refractivity contribution < 1.29 is 18.7 Å². The second kappa shape index (κ2) is 6.97. The Bertz CT molecular complexity index is 586. The number of nitrogens with zero attached hydrogens (tertiary/aromatic N) is 1. The Hall–Kier alpha value is -1.82. The van der Waals surface area contributed by atoms with E-state index in [1.165, 1.54) is 6.26 Å². The molecule has 1 aromatic heterocycles. The lowest BCUT2D eigenvalue weighted by Crippen LogP contribution is -2.57. The van der Waals surface area contributed by atoms with Gasteiger partial charge in [0.25, 0.3) is 5.91 Å². The summed E-state index contributed by atoms with van der Waals surface area (Å²) in [4.78, 5) is 27.3. The van der Waals surface area contributed by atoms with Gasteiger partial charge in [-0.25, -0.2) is 0 Å².